The third-order valence-corrected chi connectivity index (χ3v) is 2.51. The summed E-state index contributed by atoms with van der Waals surface area (Å²) in [6.45, 7) is 8.00. The minimum atomic E-state index is 0.889. The van der Waals surface area contributed by atoms with Gasteiger partial charge in [0, 0.05) is 5.56 Å². The highest BCUT2D eigenvalue weighted by atomic mass is 16.3. The number of unbranched alkanes of at least 4 members (excludes halogenated alkanes) is 2. The molecule has 0 N–H and O–H groups in total. The van der Waals surface area contributed by atoms with Gasteiger partial charge in [0.05, 0.1) is 6.26 Å². The molecule has 1 rings (SSSR count). The third kappa shape index (κ3) is 3.12. The van der Waals surface area contributed by atoms with E-state index in [0.717, 1.165) is 12.2 Å². The number of rotatable bonds is 6. The molecule has 0 saturated heterocycles. The fraction of sp³-hybridized carbons (Fsp3) is 0.429. The summed E-state index contributed by atoms with van der Waals surface area (Å²) in [6.07, 6.45) is 12.7. The van der Waals surface area contributed by atoms with Crippen molar-refractivity contribution >= 4 is 12.2 Å². The van der Waals surface area contributed by atoms with Gasteiger partial charge in [-0.25, -0.2) is 0 Å². The highest BCUT2D eigenvalue weighted by Crippen LogP contribution is 2.22. The predicted molar refractivity (Wildman–Crippen MR) is 66.7 cm³/mol. The first-order valence-electron chi connectivity index (χ1n) is 5.69. The maximum absolute atomic E-state index is 5.46. The Hall–Kier alpha value is -1.24. The third-order valence-electron chi connectivity index (χ3n) is 2.51. The minimum Gasteiger partial charge on any atom is -0.464 e. The molecule has 0 aromatic carbocycles. The molecule has 0 unspecified atom stereocenters. The molecule has 1 nitrogen and oxygen atoms in total. The summed E-state index contributed by atoms with van der Waals surface area (Å²) in [4.78, 5) is 0. The first-order valence-corrected chi connectivity index (χ1v) is 5.69. The molecule has 0 aliphatic rings. The Labute approximate surface area is 92.5 Å². The van der Waals surface area contributed by atoms with Crippen molar-refractivity contribution in [2.24, 2.45) is 0 Å². The molecule has 82 valence electrons. The molecule has 0 radical (unpaired) electrons. The largest absolute Gasteiger partial charge is 0.464 e. The van der Waals surface area contributed by atoms with E-state index in [2.05, 4.69) is 19.6 Å². The molecule has 1 heteroatoms. The average Bonchev–Trinajstić information content (AvgIpc) is 2.62. The molecular formula is C14H20O. The first kappa shape index (κ1) is 11.8. The molecule has 0 spiro atoms. The number of hydrogen-bond donors (Lipinski definition) is 0. The zero-order chi connectivity index (χ0) is 11.1. The van der Waals surface area contributed by atoms with Gasteiger partial charge in [-0.1, -0.05) is 38.5 Å². The van der Waals surface area contributed by atoms with Crippen LogP contribution < -0.4 is 0 Å². The normalized spacial score (nSPS) is 11.1. The smallest absolute Gasteiger partial charge is 0.133 e. The van der Waals surface area contributed by atoms with Gasteiger partial charge < -0.3 is 4.42 Å². The summed E-state index contributed by atoms with van der Waals surface area (Å²) in [5.74, 6) is 0.889. The fourth-order valence-electron chi connectivity index (χ4n) is 1.69. The Bertz CT molecular complexity index is 331. The predicted octanol–water partition coefficient (Wildman–Crippen LogP) is 4.69. The highest BCUT2D eigenvalue weighted by molar-refractivity contribution is 5.63. The van der Waals surface area contributed by atoms with Crippen LogP contribution in [0.3, 0.4) is 0 Å². The molecule has 0 bridgehead atoms. The standard InChI is InChI=1S/C14H20O/c1-4-7-8-10-12-11-15-14(6-3)13(12)9-5-2/h5-6,9,11H,3-4,7-8,10H2,1-2H3/b9-5-. The Balaban J connectivity index is 2.77. The summed E-state index contributed by atoms with van der Waals surface area (Å²) >= 11 is 0. The van der Waals surface area contributed by atoms with E-state index in [0.29, 0.717) is 0 Å². The van der Waals surface area contributed by atoms with Gasteiger partial charge in [0.25, 0.3) is 0 Å². The van der Waals surface area contributed by atoms with Crippen LogP contribution in [-0.2, 0) is 6.42 Å². The van der Waals surface area contributed by atoms with E-state index in [4.69, 9.17) is 4.42 Å². The molecule has 1 heterocycles. The molecule has 0 amide bonds. The van der Waals surface area contributed by atoms with Crippen molar-refractivity contribution < 1.29 is 4.42 Å². The van der Waals surface area contributed by atoms with E-state index in [1.807, 2.05) is 19.3 Å². The lowest BCUT2D eigenvalue weighted by Gasteiger charge is -1.98. The molecule has 1 aromatic rings. The quantitative estimate of drug-likeness (QED) is 0.613. The highest BCUT2D eigenvalue weighted by Gasteiger charge is 2.07. The van der Waals surface area contributed by atoms with Crippen molar-refractivity contribution in [3.63, 3.8) is 0 Å². The van der Waals surface area contributed by atoms with Crippen molar-refractivity contribution in [1.29, 1.82) is 0 Å². The fourth-order valence-corrected chi connectivity index (χ4v) is 1.69. The summed E-state index contributed by atoms with van der Waals surface area (Å²) in [6, 6.07) is 0. The van der Waals surface area contributed by atoms with E-state index >= 15 is 0 Å². The number of aryl methyl sites for hydroxylation is 1. The number of hydrogen-bond acceptors (Lipinski definition) is 1. The zero-order valence-corrected chi connectivity index (χ0v) is 9.75. The maximum atomic E-state index is 5.46. The lowest BCUT2D eigenvalue weighted by molar-refractivity contribution is 0.552. The van der Waals surface area contributed by atoms with Gasteiger partial charge in [-0.05, 0) is 31.4 Å². The Morgan fingerprint density at radius 1 is 1.40 bits per heavy atom. The van der Waals surface area contributed by atoms with Gasteiger partial charge in [-0.2, -0.15) is 0 Å². The van der Waals surface area contributed by atoms with Crippen LogP contribution in [0.25, 0.3) is 12.2 Å². The summed E-state index contributed by atoms with van der Waals surface area (Å²) in [5.41, 5.74) is 2.50. The van der Waals surface area contributed by atoms with Crippen LogP contribution in [0.2, 0.25) is 0 Å². The van der Waals surface area contributed by atoms with Crippen LogP contribution in [0.15, 0.2) is 23.3 Å². The molecule has 0 aliphatic carbocycles. The van der Waals surface area contributed by atoms with E-state index in [9.17, 15) is 0 Å². The lowest BCUT2D eigenvalue weighted by Crippen LogP contribution is -1.86. The zero-order valence-electron chi connectivity index (χ0n) is 9.75. The van der Waals surface area contributed by atoms with Crippen molar-refractivity contribution in [3.8, 4) is 0 Å². The second-order valence-electron chi connectivity index (χ2n) is 3.70. The summed E-state index contributed by atoms with van der Waals surface area (Å²) in [7, 11) is 0. The second kappa shape index (κ2) is 6.28. The van der Waals surface area contributed by atoms with E-state index < -0.39 is 0 Å². The monoisotopic (exact) mass is 204 g/mol. The van der Waals surface area contributed by atoms with E-state index in [-0.39, 0.29) is 0 Å². The molecule has 15 heavy (non-hydrogen) atoms. The Morgan fingerprint density at radius 2 is 2.20 bits per heavy atom. The maximum Gasteiger partial charge on any atom is 0.133 e. The van der Waals surface area contributed by atoms with Gasteiger partial charge in [0.2, 0.25) is 0 Å². The van der Waals surface area contributed by atoms with Crippen molar-refractivity contribution in [3.05, 3.63) is 35.8 Å². The van der Waals surface area contributed by atoms with Crippen molar-refractivity contribution in [1.82, 2.24) is 0 Å². The van der Waals surface area contributed by atoms with Gasteiger partial charge in [0.15, 0.2) is 0 Å². The van der Waals surface area contributed by atoms with Crippen LogP contribution in [0.1, 0.15) is 50.0 Å². The van der Waals surface area contributed by atoms with Gasteiger partial charge in [-0.15, -0.1) is 0 Å². The summed E-state index contributed by atoms with van der Waals surface area (Å²) in [5, 5.41) is 0. The van der Waals surface area contributed by atoms with Crippen LogP contribution >= 0.6 is 0 Å². The van der Waals surface area contributed by atoms with Gasteiger partial charge in [-0.3, -0.25) is 0 Å². The first-order chi connectivity index (χ1) is 7.33. The van der Waals surface area contributed by atoms with Crippen molar-refractivity contribution in [2.45, 2.75) is 39.5 Å². The SMILES string of the molecule is C=Cc1occ(CCCCC)c1/C=C\C. The molecule has 0 fully saturated rings. The lowest BCUT2D eigenvalue weighted by atomic mass is 10.0. The summed E-state index contributed by atoms with van der Waals surface area (Å²) < 4.78 is 5.46. The molecule has 0 aliphatic heterocycles. The molecule has 1 aromatic heterocycles. The number of allylic oxidation sites excluding steroid dienone is 1. The van der Waals surface area contributed by atoms with E-state index in [1.165, 1.54) is 30.4 Å². The Kier molecular flexibility index (Phi) is 4.96. The second-order valence-corrected chi connectivity index (χ2v) is 3.70. The van der Waals surface area contributed by atoms with Gasteiger partial charge >= 0.3 is 0 Å². The van der Waals surface area contributed by atoms with Crippen molar-refractivity contribution in [2.75, 3.05) is 0 Å². The molecular weight excluding hydrogens is 184 g/mol. The average molecular weight is 204 g/mol. The molecule has 0 atom stereocenters. The minimum absolute atomic E-state index is 0.889. The van der Waals surface area contributed by atoms with Crippen LogP contribution in [0.4, 0.5) is 0 Å². The van der Waals surface area contributed by atoms with Crippen LogP contribution in [0.5, 0.6) is 0 Å². The topological polar surface area (TPSA) is 13.1 Å². The van der Waals surface area contributed by atoms with Gasteiger partial charge in [0.1, 0.15) is 5.76 Å². The molecule has 0 saturated carbocycles. The van der Waals surface area contributed by atoms with Crippen LogP contribution in [0, 0.1) is 0 Å². The van der Waals surface area contributed by atoms with Crippen LogP contribution in [-0.4, -0.2) is 0 Å². The number of furan rings is 1. The van der Waals surface area contributed by atoms with E-state index in [1.54, 1.807) is 6.08 Å². The Morgan fingerprint density at radius 3 is 2.80 bits per heavy atom.